The smallest absolute Gasteiger partial charge is 0.341 e. The zero-order chi connectivity index (χ0) is 104. The lowest BCUT2D eigenvalue weighted by molar-refractivity contribution is 0.0595. The van der Waals surface area contributed by atoms with Gasteiger partial charge < -0.3 is 43.4 Å². The average molecular weight is 2070 g/mol. The molecule has 147 heavy (non-hydrogen) atoms. The Morgan fingerprint density at radius 1 is 0.279 bits per heavy atom. The van der Waals surface area contributed by atoms with Crippen LogP contribution in [0.15, 0.2) is 390 Å². The highest BCUT2D eigenvalue weighted by atomic mass is 32.2. The summed E-state index contributed by atoms with van der Waals surface area (Å²) in [6.07, 6.45) is 8.47. The number of hydrogen-bond donors (Lipinski definition) is 7. The first-order valence-corrected chi connectivity index (χ1v) is 51.4. The van der Waals surface area contributed by atoms with Crippen LogP contribution in [0, 0.1) is 11.3 Å². The number of aromatic hydroxyl groups is 1. The first kappa shape index (κ1) is 101. The van der Waals surface area contributed by atoms with Crippen LogP contribution >= 0.6 is 0 Å². The number of esters is 1. The van der Waals surface area contributed by atoms with Crippen LogP contribution in [-0.4, -0.2) is 162 Å². The second-order valence-corrected chi connectivity index (χ2v) is 40.1. The molecule has 37 nitrogen and oxygen atoms in total. The molecule has 7 N–H and O–H groups in total. The van der Waals surface area contributed by atoms with Crippen molar-refractivity contribution in [3.8, 4) is 74.8 Å². The Kier molecular flexibility index (Phi) is 30.3. The number of nitriles is 1. The number of phenolic OH excluding ortho intramolecular Hbond substituents is 1. The maximum absolute atomic E-state index is 12.9. The number of aromatic carboxylic acids is 1. The Bertz CT molecular complexity index is 9050. The maximum atomic E-state index is 12.9. The number of nitrogens with one attached hydrogen (secondary N) is 5. The number of para-hydroxylation sites is 10. The number of carboxylic acids is 1. The fourth-order valence-corrected chi connectivity index (χ4v) is 20.7. The molecule has 20 rings (SSSR count). The van der Waals surface area contributed by atoms with Gasteiger partial charge in [-0.3, -0.25) is 46.4 Å². The van der Waals surface area contributed by atoms with Crippen molar-refractivity contribution in [3.05, 3.63) is 382 Å². The van der Waals surface area contributed by atoms with Gasteiger partial charge in [0.05, 0.1) is 163 Å². The lowest BCUT2D eigenvalue weighted by Crippen LogP contribution is -2.14. The minimum Gasteiger partial charge on any atom is -0.504 e. The van der Waals surface area contributed by atoms with E-state index in [2.05, 4.69) is 53.3 Å². The molecule has 0 fully saturated rings. The number of nitrogens with zero attached hydrogens (tertiary/aromatic N) is 11. The molecule has 0 unspecified atom stereocenters. The van der Waals surface area contributed by atoms with E-state index in [-0.39, 0.29) is 69.9 Å². The molecule has 0 saturated carbocycles. The summed E-state index contributed by atoms with van der Waals surface area (Å²) < 4.78 is 186. The maximum Gasteiger partial charge on any atom is 0.341 e. The molecule has 5 aromatic heterocycles. The fraction of sp³-hybridized carbons (Fsp3) is 0.0667. The number of ether oxygens (including phenoxy) is 7. The molecular formula is C105H88N16O21S5. The van der Waals surface area contributed by atoms with Gasteiger partial charge in [0.15, 0.2) is 23.0 Å². The van der Waals surface area contributed by atoms with Gasteiger partial charge in [0, 0.05) is 58.8 Å². The third-order valence-corrected chi connectivity index (χ3v) is 29.4. The summed E-state index contributed by atoms with van der Waals surface area (Å²) in [6.45, 7) is 0. The van der Waals surface area contributed by atoms with E-state index in [1.54, 1.807) is 129 Å². The lowest BCUT2D eigenvalue weighted by atomic mass is 10.2. The number of rotatable bonds is 28. The Hall–Kier alpha value is -18.6. The molecule has 42 heteroatoms. The van der Waals surface area contributed by atoms with Crippen LogP contribution in [0.1, 0.15) is 26.3 Å². The molecule has 0 atom stereocenters. The molecule has 0 saturated heterocycles. The zero-order valence-corrected chi connectivity index (χ0v) is 82.8. The summed E-state index contributed by atoms with van der Waals surface area (Å²) in [5.41, 5.74) is 14.9. The highest BCUT2D eigenvalue weighted by Gasteiger charge is 2.27. The van der Waals surface area contributed by atoms with Gasteiger partial charge in [-0.2, -0.15) is 5.26 Å². The molecule has 0 aliphatic heterocycles. The predicted molar refractivity (Wildman–Crippen MR) is 556 cm³/mol. The number of carbonyl (C=O) groups is 2. The average Bonchev–Trinajstić information content (AvgIpc) is 1.51. The van der Waals surface area contributed by atoms with E-state index >= 15 is 0 Å². The number of phenols is 1. The predicted octanol–water partition coefficient (Wildman–Crippen LogP) is 18.2. The van der Waals surface area contributed by atoms with Gasteiger partial charge in [0.1, 0.15) is 66.1 Å². The van der Waals surface area contributed by atoms with Crippen LogP contribution in [0.4, 0.5) is 28.4 Å². The monoisotopic (exact) mass is 2070 g/mol. The van der Waals surface area contributed by atoms with E-state index in [0.717, 1.165) is 83.6 Å². The van der Waals surface area contributed by atoms with Crippen molar-refractivity contribution in [2.24, 2.45) is 0 Å². The quantitative estimate of drug-likeness (QED) is 0.0224. The number of carbonyl (C=O) groups excluding carboxylic acids is 1. The summed E-state index contributed by atoms with van der Waals surface area (Å²) in [6, 6.07) is 95.4. The molecular weight excluding hydrogens is 1980 g/mol. The molecule has 0 bridgehead atoms. The third-order valence-electron chi connectivity index (χ3n) is 22.5. The minimum absolute atomic E-state index is 0.00633. The van der Waals surface area contributed by atoms with Gasteiger partial charge in [0.25, 0.3) is 50.1 Å². The first-order valence-electron chi connectivity index (χ1n) is 43.9. The van der Waals surface area contributed by atoms with Gasteiger partial charge in [0.2, 0.25) is 0 Å². The van der Waals surface area contributed by atoms with Gasteiger partial charge in [-0.15, -0.1) is 0 Å². The Labute approximate surface area is 842 Å². The first-order chi connectivity index (χ1) is 70.8. The van der Waals surface area contributed by atoms with Crippen molar-refractivity contribution < 1.29 is 95.0 Å². The highest BCUT2D eigenvalue weighted by molar-refractivity contribution is 7.94. The number of imidazole rings is 5. The van der Waals surface area contributed by atoms with Gasteiger partial charge in [-0.05, 0) is 212 Å². The minimum atomic E-state index is -3.96. The number of aromatic nitrogens is 10. The van der Waals surface area contributed by atoms with E-state index < -0.39 is 62.1 Å². The number of fused-ring (bicyclic) bond motifs is 5. The second kappa shape index (κ2) is 43.9. The molecule has 0 aliphatic rings. The molecule has 15 aromatic carbocycles. The Morgan fingerprint density at radius 3 is 0.816 bits per heavy atom. The van der Waals surface area contributed by atoms with E-state index in [1.165, 1.54) is 135 Å². The van der Waals surface area contributed by atoms with E-state index in [9.17, 15) is 56.8 Å². The lowest BCUT2D eigenvalue weighted by Gasteiger charge is -2.12. The number of carboxylic acid groups (broad SMARTS) is 1. The van der Waals surface area contributed by atoms with Crippen LogP contribution in [0.25, 0.3) is 83.6 Å². The second-order valence-electron chi connectivity index (χ2n) is 31.6. The van der Waals surface area contributed by atoms with Crippen molar-refractivity contribution in [3.63, 3.8) is 0 Å². The van der Waals surface area contributed by atoms with Crippen molar-refractivity contribution in [2.45, 2.75) is 24.5 Å². The summed E-state index contributed by atoms with van der Waals surface area (Å²) >= 11 is 0. The molecule has 0 radical (unpaired) electrons. The largest absolute Gasteiger partial charge is 0.504 e. The molecule has 5 heterocycles. The van der Waals surface area contributed by atoms with E-state index in [4.69, 9.17) is 38.8 Å². The van der Waals surface area contributed by atoms with Gasteiger partial charge in [-0.1, -0.05) is 91.0 Å². The van der Waals surface area contributed by atoms with Gasteiger partial charge in [-0.25, -0.2) is 76.6 Å². The normalized spacial score (nSPS) is 11.3. The van der Waals surface area contributed by atoms with Crippen LogP contribution in [0.2, 0.25) is 0 Å². The van der Waals surface area contributed by atoms with Crippen molar-refractivity contribution in [1.29, 1.82) is 5.26 Å². The summed E-state index contributed by atoms with van der Waals surface area (Å²) in [7, 11) is -9.85. The molecule has 0 spiro atoms. The topological polar surface area (TPSA) is 483 Å². The summed E-state index contributed by atoms with van der Waals surface area (Å²) in [4.78, 5) is 44.8. The van der Waals surface area contributed by atoms with Crippen molar-refractivity contribution in [2.75, 3.05) is 73.4 Å². The number of benzene rings is 15. The van der Waals surface area contributed by atoms with Crippen LogP contribution in [0.3, 0.4) is 0 Å². The standard InChI is InChI=1S/C22H19N3O5S.C21H16N4O3S.C21H17N3O5S.C21H19N3O4S.C20H17N3O4S/c1-29-21-13-17(10-11-18(21)22(26)30-2)31(27,28)24-15-6-5-7-16(12-15)25-14-23-19-8-3-4-9-20(19)25;1-28-21-12-18(10-9-15(21)13-22)29(26,27)24-16-5-4-6-17(11-16)25-14-23-19-7-2-3-8-20(19)25;1-29-20-12-16(9-10-17(20)21(25)26)30(27,28)23-14-5-4-6-15(11-14)24-13-22-18-7-2-3-8-19(18)24;1-27-20-11-10-17(13-21(20)28-2)29(25,26)23-15-6-5-7-16(12-15)24-14-22-18-8-3-4-9-19(18)24;1-27-20-12-16(9-10-19(20)24)28(25,26)22-14-5-4-6-15(11-14)23-13-21-17-7-2-3-8-18(17)23/h3-14,24H,1-2H3;2-12,14,24H,1H3;2-13,23H,1H3,(H,25,26);3-14,23H,1-2H3;2-13,22,24H,1H3. The van der Waals surface area contributed by atoms with Crippen LogP contribution < -0.4 is 52.0 Å². The molecule has 744 valence electrons. The van der Waals surface area contributed by atoms with Crippen LogP contribution in [0.5, 0.6) is 40.2 Å². The number of methoxy groups -OCH3 is 7. The van der Waals surface area contributed by atoms with Crippen LogP contribution in [-0.2, 0) is 54.9 Å². The SMILES string of the molecule is COC(=O)c1ccc(S(=O)(=O)Nc2cccc(-n3cnc4ccccc43)c2)cc1OC.COc1cc(S(=O)(=O)Nc2cccc(-n3cnc4ccccc43)c2)ccc1C#N.COc1cc(S(=O)(=O)Nc2cccc(-n3cnc4ccccc43)c2)ccc1C(=O)O.COc1cc(S(=O)(=O)Nc2cccc(-n3cnc4ccccc43)c2)ccc1O.COc1ccc(S(=O)(=O)Nc2cccc(-n3cnc4ccccc43)c2)cc1OC. The third kappa shape index (κ3) is 23.0. The Morgan fingerprint density at radius 2 is 0.531 bits per heavy atom. The van der Waals surface area contributed by atoms with E-state index in [0.29, 0.717) is 39.9 Å². The highest BCUT2D eigenvalue weighted by Crippen LogP contribution is 2.37. The summed E-state index contributed by atoms with van der Waals surface area (Å²) in [5.74, 6) is -0.796. The number of hydrogen-bond acceptors (Lipinski definition) is 26. The Balaban J connectivity index is 0.000000131. The van der Waals surface area contributed by atoms with Crippen molar-refractivity contribution >= 4 is 146 Å². The fourth-order valence-electron chi connectivity index (χ4n) is 15.4. The van der Waals surface area contributed by atoms with Gasteiger partial charge >= 0.3 is 11.9 Å². The van der Waals surface area contributed by atoms with E-state index in [1.807, 2.05) is 181 Å². The number of sulfonamides is 5. The molecule has 0 aliphatic carbocycles. The number of anilines is 5. The molecule has 0 amide bonds. The van der Waals surface area contributed by atoms with Crippen molar-refractivity contribution in [1.82, 2.24) is 47.8 Å². The molecule has 20 aromatic rings. The summed E-state index contributed by atoms with van der Waals surface area (Å²) in [5, 5.41) is 27.9. The zero-order valence-electron chi connectivity index (χ0n) is 78.8.